The molecule has 0 aliphatic heterocycles. The maximum absolute atomic E-state index is 12.4. The van der Waals surface area contributed by atoms with Crippen LogP contribution in [-0.2, 0) is 19.1 Å². The highest BCUT2D eigenvalue weighted by Gasteiger charge is 2.29. The van der Waals surface area contributed by atoms with Crippen molar-refractivity contribution in [2.24, 2.45) is 5.92 Å². The van der Waals surface area contributed by atoms with Gasteiger partial charge >= 0.3 is 12.1 Å². The molecule has 3 rings (SSSR count). The molecule has 0 aromatic heterocycles. The number of carboxylic acids is 1. The summed E-state index contributed by atoms with van der Waals surface area (Å²) < 4.78 is 10.4. The smallest absolute Gasteiger partial charge is 0.407 e. The monoisotopic (exact) mass is 482 g/mol. The molecule has 0 radical (unpaired) electrons. The van der Waals surface area contributed by atoms with Crippen LogP contribution in [0.15, 0.2) is 48.5 Å². The average Bonchev–Trinajstić information content (AvgIpc) is 3.16. The Kier molecular flexibility index (Phi) is 9.25. The van der Waals surface area contributed by atoms with Gasteiger partial charge in [0, 0.05) is 25.0 Å². The topological polar surface area (TPSA) is 114 Å². The van der Waals surface area contributed by atoms with Gasteiger partial charge in [-0.3, -0.25) is 4.79 Å². The standard InChI is InChI=1S/C27H34N2O6/c1-17(25(30)28-15-24(34-3)26(31)32)9-8-10-18(2)29-27(33)35-16-23-21-13-6-4-11-19(21)20-12-5-7-14-22(20)23/h4-7,11-14,17-18,23-24H,8-10,15-16H2,1-3H3,(H,28,30)(H,29,33)(H,31,32). The molecule has 0 bridgehead atoms. The number of alkyl carbamates (subject to hydrolysis) is 1. The lowest BCUT2D eigenvalue weighted by molar-refractivity contribution is -0.148. The third-order valence-electron chi connectivity index (χ3n) is 6.45. The highest BCUT2D eigenvalue weighted by molar-refractivity contribution is 5.80. The highest BCUT2D eigenvalue weighted by Crippen LogP contribution is 2.44. The van der Waals surface area contributed by atoms with E-state index < -0.39 is 18.2 Å². The zero-order valence-electron chi connectivity index (χ0n) is 20.5. The van der Waals surface area contributed by atoms with Crippen LogP contribution >= 0.6 is 0 Å². The van der Waals surface area contributed by atoms with E-state index in [-0.39, 0.29) is 36.9 Å². The van der Waals surface area contributed by atoms with Gasteiger partial charge in [-0.15, -0.1) is 0 Å². The van der Waals surface area contributed by atoms with Crippen molar-refractivity contribution >= 4 is 18.0 Å². The van der Waals surface area contributed by atoms with Crippen molar-refractivity contribution in [3.05, 3.63) is 59.7 Å². The summed E-state index contributed by atoms with van der Waals surface area (Å²) in [5, 5.41) is 14.4. The van der Waals surface area contributed by atoms with E-state index in [2.05, 4.69) is 34.9 Å². The van der Waals surface area contributed by atoms with Crippen molar-refractivity contribution in [2.75, 3.05) is 20.3 Å². The predicted molar refractivity (Wildman–Crippen MR) is 132 cm³/mol. The Hall–Kier alpha value is -3.39. The Bertz CT molecular complexity index is 994. The summed E-state index contributed by atoms with van der Waals surface area (Å²) in [7, 11) is 1.29. The van der Waals surface area contributed by atoms with E-state index in [0.29, 0.717) is 12.8 Å². The molecular formula is C27H34N2O6. The molecule has 35 heavy (non-hydrogen) atoms. The molecule has 1 aliphatic carbocycles. The number of ether oxygens (including phenoxy) is 2. The number of carbonyl (C=O) groups is 3. The fourth-order valence-electron chi connectivity index (χ4n) is 4.41. The average molecular weight is 483 g/mol. The summed E-state index contributed by atoms with van der Waals surface area (Å²) in [6.45, 7) is 3.89. The van der Waals surface area contributed by atoms with Crippen molar-refractivity contribution in [3.8, 4) is 11.1 Å². The lowest BCUT2D eigenvalue weighted by Gasteiger charge is -2.18. The van der Waals surface area contributed by atoms with Gasteiger partial charge in [-0.25, -0.2) is 9.59 Å². The third kappa shape index (κ3) is 6.82. The highest BCUT2D eigenvalue weighted by atomic mass is 16.5. The van der Waals surface area contributed by atoms with Crippen LogP contribution in [0.5, 0.6) is 0 Å². The van der Waals surface area contributed by atoms with Crippen LogP contribution in [0.25, 0.3) is 11.1 Å². The normalized spacial score (nSPS) is 14.8. The van der Waals surface area contributed by atoms with Gasteiger partial charge in [-0.1, -0.05) is 61.9 Å². The van der Waals surface area contributed by atoms with Gasteiger partial charge in [0.25, 0.3) is 0 Å². The quantitative estimate of drug-likeness (QED) is 0.422. The minimum Gasteiger partial charge on any atom is -0.479 e. The zero-order chi connectivity index (χ0) is 25.4. The summed E-state index contributed by atoms with van der Waals surface area (Å²) in [4.78, 5) is 35.5. The Morgan fingerprint density at radius 2 is 1.57 bits per heavy atom. The molecule has 0 spiro atoms. The molecule has 2 aromatic carbocycles. The number of carboxylic acid groups (broad SMARTS) is 1. The first-order valence-electron chi connectivity index (χ1n) is 12.0. The first-order valence-corrected chi connectivity index (χ1v) is 12.0. The fourth-order valence-corrected chi connectivity index (χ4v) is 4.41. The van der Waals surface area contributed by atoms with Crippen molar-refractivity contribution in [3.63, 3.8) is 0 Å². The van der Waals surface area contributed by atoms with E-state index in [9.17, 15) is 14.4 Å². The Morgan fingerprint density at radius 3 is 2.14 bits per heavy atom. The van der Waals surface area contributed by atoms with Crippen molar-refractivity contribution < 1.29 is 29.0 Å². The van der Waals surface area contributed by atoms with Crippen LogP contribution in [0.3, 0.4) is 0 Å². The van der Waals surface area contributed by atoms with E-state index in [4.69, 9.17) is 14.6 Å². The number of fused-ring (bicyclic) bond motifs is 3. The van der Waals surface area contributed by atoms with Crippen LogP contribution in [0.2, 0.25) is 0 Å². The minimum absolute atomic E-state index is 0.0154. The molecule has 2 aromatic rings. The molecule has 0 saturated heterocycles. The molecule has 0 saturated carbocycles. The number of aliphatic carboxylic acids is 1. The fraction of sp³-hybridized carbons (Fsp3) is 0.444. The maximum atomic E-state index is 12.4. The van der Waals surface area contributed by atoms with Crippen LogP contribution in [0.1, 0.15) is 50.2 Å². The Morgan fingerprint density at radius 1 is 0.971 bits per heavy atom. The molecule has 0 fully saturated rings. The molecule has 8 heteroatoms. The Labute approximate surface area is 206 Å². The van der Waals surface area contributed by atoms with Crippen LogP contribution in [0.4, 0.5) is 4.79 Å². The van der Waals surface area contributed by atoms with Crippen molar-refractivity contribution in [1.29, 1.82) is 0 Å². The van der Waals surface area contributed by atoms with Crippen molar-refractivity contribution in [1.82, 2.24) is 10.6 Å². The molecule has 188 valence electrons. The van der Waals surface area contributed by atoms with Crippen molar-refractivity contribution in [2.45, 2.75) is 51.2 Å². The lowest BCUT2D eigenvalue weighted by Crippen LogP contribution is -2.40. The van der Waals surface area contributed by atoms with Crippen LogP contribution < -0.4 is 10.6 Å². The summed E-state index contributed by atoms with van der Waals surface area (Å²) >= 11 is 0. The SMILES string of the molecule is COC(CNC(=O)C(C)CCCC(C)NC(=O)OCC1c2ccccc2-c2ccccc21)C(=O)O. The molecule has 2 amide bonds. The second-order valence-corrected chi connectivity index (χ2v) is 9.01. The number of rotatable bonds is 12. The predicted octanol–water partition coefficient (Wildman–Crippen LogP) is 3.94. The van der Waals surface area contributed by atoms with E-state index in [1.807, 2.05) is 31.2 Å². The molecule has 0 heterocycles. The number of benzene rings is 2. The lowest BCUT2D eigenvalue weighted by atomic mass is 9.98. The van der Waals surface area contributed by atoms with Gasteiger partial charge in [0.05, 0.1) is 6.54 Å². The molecule has 1 aliphatic rings. The minimum atomic E-state index is -1.12. The van der Waals surface area contributed by atoms with Gasteiger partial charge in [0.15, 0.2) is 6.10 Å². The van der Waals surface area contributed by atoms with E-state index in [1.165, 1.54) is 29.4 Å². The maximum Gasteiger partial charge on any atom is 0.407 e. The zero-order valence-corrected chi connectivity index (χ0v) is 20.5. The number of nitrogens with one attached hydrogen (secondary N) is 2. The van der Waals surface area contributed by atoms with Crippen LogP contribution in [0, 0.1) is 5.92 Å². The second-order valence-electron chi connectivity index (χ2n) is 9.01. The summed E-state index contributed by atoms with van der Waals surface area (Å²) in [6.07, 6.45) is 0.522. The number of carbonyl (C=O) groups excluding carboxylic acids is 2. The largest absolute Gasteiger partial charge is 0.479 e. The third-order valence-corrected chi connectivity index (χ3v) is 6.45. The number of hydrogen-bond acceptors (Lipinski definition) is 5. The van der Waals surface area contributed by atoms with Gasteiger partial charge in [0.1, 0.15) is 6.61 Å². The first-order chi connectivity index (χ1) is 16.8. The van der Waals surface area contributed by atoms with E-state index in [0.717, 1.165) is 6.42 Å². The number of methoxy groups -OCH3 is 1. The van der Waals surface area contributed by atoms with Gasteiger partial charge in [-0.05, 0) is 42.0 Å². The van der Waals surface area contributed by atoms with Gasteiger partial charge in [0.2, 0.25) is 5.91 Å². The van der Waals surface area contributed by atoms with E-state index in [1.54, 1.807) is 6.92 Å². The summed E-state index contributed by atoms with van der Waals surface area (Å²) in [5.74, 6) is -1.59. The molecule has 3 N–H and O–H groups in total. The molecule has 8 nitrogen and oxygen atoms in total. The van der Waals surface area contributed by atoms with E-state index >= 15 is 0 Å². The van der Waals surface area contributed by atoms with Crippen LogP contribution in [-0.4, -0.2) is 55.5 Å². The molecule has 3 atom stereocenters. The number of amides is 2. The molecular weight excluding hydrogens is 448 g/mol. The number of hydrogen-bond donors (Lipinski definition) is 3. The molecule has 3 unspecified atom stereocenters. The second kappa shape index (κ2) is 12.4. The Balaban J connectivity index is 1.39. The first kappa shape index (κ1) is 26.2. The van der Waals surface area contributed by atoms with Gasteiger partial charge < -0.3 is 25.2 Å². The summed E-state index contributed by atoms with van der Waals surface area (Å²) in [5.41, 5.74) is 4.71. The summed E-state index contributed by atoms with van der Waals surface area (Å²) in [6, 6.07) is 16.3. The van der Waals surface area contributed by atoms with Gasteiger partial charge in [-0.2, -0.15) is 0 Å².